The Hall–Kier alpha value is -6.10. The zero-order valence-electron chi connectivity index (χ0n) is 38.9. The molecule has 5 rings (SSSR count). The predicted molar refractivity (Wildman–Crippen MR) is 259 cm³/mol. The summed E-state index contributed by atoms with van der Waals surface area (Å²) in [5, 5.41) is 37.1. The normalized spacial score (nSPS) is 10.5. The van der Waals surface area contributed by atoms with Crippen LogP contribution in [0.1, 0.15) is 122 Å². The molecule has 0 spiro atoms. The van der Waals surface area contributed by atoms with Gasteiger partial charge in [-0.05, 0) is 87.8 Å². The van der Waals surface area contributed by atoms with Crippen molar-refractivity contribution in [2.24, 2.45) is 0 Å². The molecule has 0 saturated carbocycles. The van der Waals surface area contributed by atoms with Crippen LogP contribution in [0.5, 0.6) is 0 Å². The molecule has 5 aromatic rings. The van der Waals surface area contributed by atoms with Crippen LogP contribution in [0.4, 0.5) is 0 Å². The van der Waals surface area contributed by atoms with Gasteiger partial charge in [0.15, 0.2) is 49.6 Å². The Labute approximate surface area is 394 Å². The van der Waals surface area contributed by atoms with Crippen molar-refractivity contribution in [1.29, 1.82) is 0 Å². The van der Waals surface area contributed by atoms with Gasteiger partial charge in [0.05, 0.1) is 0 Å². The number of hydrogen-bond donors (Lipinski definition) is 4. The molecule has 0 atom stereocenters. The molecule has 342 valence electrons. The maximum absolute atomic E-state index is 9.28. The molecular weight excluding hydrogens is 817 g/mol. The van der Waals surface area contributed by atoms with E-state index in [1.807, 2.05) is 0 Å². The topological polar surface area (TPSA) is 96.4 Å². The number of nitrogens with zero attached hydrogens (tertiary/aromatic N) is 4. The van der Waals surface area contributed by atoms with Crippen LogP contribution >= 0.6 is 0 Å². The minimum Gasteiger partial charge on any atom is -0.396 e. The minimum absolute atomic E-state index is 0.196. The van der Waals surface area contributed by atoms with Gasteiger partial charge < -0.3 is 20.4 Å². The van der Waals surface area contributed by atoms with E-state index in [0.717, 1.165) is 151 Å². The highest BCUT2D eigenvalue weighted by molar-refractivity contribution is 5.61. The molecule has 0 saturated heterocycles. The highest BCUT2D eigenvalue weighted by Crippen LogP contribution is 2.17. The molecule has 66 heavy (non-hydrogen) atoms. The molecule has 8 heteroatoms. The average Bonchev–Trinajstić information content (AvgIpc) is 3.34. The summed E-state index contributed by atoms with van der Waals surface area (Å²) in [4.78, 5) is 0. The first-order chi connectivity index (χ1) is 32.6. The summed E-state index contributed by atoms with van der Waals surface area (Å²) >= 11 is 0. The number of rotatable bonds is 24. The van der Waals surface area contributed by atoms with Crippen molar-refractivity contribution in [2.75, 3.05) is 26.4 Å². The lowest BCUT2D eigenvalue weighted by atomic mass is 9.98. The molecule has 4 N–H and O–H groups in total. The molecule has 0 unspecified atom stereocenters. The first kappa shape index (κ1) is 50.9. The fourth-order valence-electron chi connectivity index (χ4n) is 7.63. The molecule has 0 aliphatic carbocycles. The molecule has 0 bridgehead atoms. The highest BCUT2D eigenvalue weighted by Gasteiger charge is 2.09. The van der Waals surface area contributed by atoms with Crippen molar-refractivity contribution in [3.63, 3.8) is 0 Å². The summed E-state index contributed by atoms with van der Waals surface area (Å²) in [6.45, 7) is 4.23. The van der Waals surface area contributed by atoms with Gasteiger partial charge in [-0.25, -0.2) is 18.3 Å². The molecule has 4 heterocycles. The van der Waals surface area contributed by atoms with Gasteiger partial charge in [-0.1, -0.05) is 47.4 Å². The van der Waals surface area contributed by atoms with E-state index in [0.29, 0.717) is 0 Å². The standard InChI is InChI=1S/C58H70N4O4/c63-41-17-25-51-21-13-37-59(47-51)33-9-1-5-29-55-45-57(31-7-3-11-35-61-39-15-23-53(49-61)27-19-43-65)58(32-8-4-12-36-62-40-16-24-54(50-62)28-20-44-66)46-56(55)30-6-2-10-34-60-38-14-22-52(48-60)26-18-42-64/h13-16,21-24,37-40,45-50,63-66H,1-4,9-12,17-20,25-28,33-36,41-44H2/q+4. The van der Waals surface area contributed by atoms with E-state index in [9.17, 15) is 20.4 Å². The second kappa shape index (κ2) is 30.9. The van der Waals surface area contributed by atoms with E-state index in [-0.39, 0.29) is 26.4 Å². The van der Waals surface area contributed by atoms with E-state index in [1.54, 1.807) is 0 Å². The third-order valence-corrected chi connectivity index (χ3v) is 11.1. The Morgan fingerprint density at radius 2 is 0.576 bits per heavy atom. The Balaban J connectivity index is 1.36. The van der Waals surface area contributed by atoms with E-state index in [2.05, 4.69) is 176 Å². The fraction of sp³-hybridized carbons (Fsp3) is 0.414. The van der Waals surface area contributed by atoms with Crippen LogP contribution in [0, 0.1) is 47.4 Å². The third-order valence-electron chi connectivity index (χ3n) is 11.1. The van der Waals surface area contributed by atoms with Crippen LogP contribution < -0.4 is 18.3 Å². The lowest BCUT2D eigenvalue weighted by molar-refractivity contribution is -0.697. The van der Waals surface area contributed by atoms with E-state index in [4.69, 9.17) is 0 Å². The van der Waals surface area contributed by atoms with E-state index in [1.165, 1.54) is 22.3 Å². The van der Waals surface area contributed by atoms with Gasteiger partial charge in [0.2, 0.25) is 0 Å². The molecule has 1 aromatic carbocycles. The largest absolute Gasteiger partial charge is 0.396 e. The number of hydrogen-bond acceptors (Lipinski definition) is 4. The van der Waals surface area contributed by atoms with Crippen LogP contribution in [0.25, 0.3) is 0 Å². The summed E-state index contributed by atoms with van der Waals surface area (Å²) in [5.41, 5.74) is 8.38. The molecule has 0 aliphatic heterocycles. The summed E-state index contributed by atoms with van der Waals surface area (Å²) in [6.07, 6.45) is 30.1. The number of aliphatic hydroxyl groups excluding tert-OH is 4. The number of aliphatic hydroxyl groups is 4. The minimum atomic E-state index is 0.196. The summed E-state index contributed by atoms with van der Waals surface area (Å²) in [6, 6.07) is 20.9. The number of benzene rings is 1. The number of unbranched alkanes of at least 4 members (excludes halogenated alkanes) is 4. The molecule has 4 aromatic heterocycles. The number of aryl methyl sites for hydroxylation is 8. The Kier molecular flexibility index (Phi) is 23.9. The van der Waals surface area contributed by atoms with E-state index >= 15 is 0 Å². The molecule has 0 amide bonds. The predicted octanol–water partition coefficient (Wildman–Crippen LogP) is 5.86. The fourth-order valence-corrected chi connectivity index (χ4v) is 7.63. The Morgan fingerprint density at radius 3 is 0.803 bits per heavy atom. The van der Waals surface area contributed by atoms with Gasteiger partial charge in [-0.15, -0.1) is 0 Å². The van der Waals surface area contributed by atoms with Crippen molar-refractivity contribution < 1.29 is 38.7 Å². The van der Waals surface area contributed by atoms with Gasteiger partial charge in [0.1, 0.15) is 26.2 Å². The van der Waals surface area contributed by atoms with Crippen LogP contribution in [0.3, 0.4) is 0 Å². The van der Waals surface area contributed by atoms with Gasteiger partial charge in [-0.3, -0.25) is 0 Å². The quantitative estimate of drug-likeness (QED) is 0.0355. The Morgan fingerprint density at radius 1 is 0.333 bits per heavy atom. The second-order valence-electron chi connectivity index (χ2n) is 16.7. The van der Waals surface area contributed by atoms with Crippen molar-refractivity contribution in [2.45, 2.75) is 129 Å². The van der Waals surface area contributed by atoms with Crippen molar-refractivity contribution in [3.05, 3.63) is 155 Å². The highest BCUT2D eigenvalue weighted by atomic mass is 16.3. The monoisotopic (exact) mass is 887 g/mol. The molecule has 0 radical (unpaired) electrons. The van der Waals surface area contributed by atoms with Crippen LogP contribution in [0.2, 0.25) is 0 Å². The van der Waals surface area contributed by atoms with Gasteiger partial charge >= 0.3 is 0 Å². The maximum Gasteiger partial charge on any atom is 0.171 e. The maximum atomic E-state index is 9.28. The first-order valence-electron chi connectivity index (χ1n) is 24.1. The van der Waals surface area contributed by atoms with E-state index < -0.39 is 0 Å². The number of aromatic nitrogens is 4. The smallest absolute Gasteiger partial charge is 0.171 e. The van der Waals surface area contributed by atoms with Gasteiger partial charge in [0.25, 0.3) is 0 Å². The summed E-state index contributed by atoms with van der Waals surface area (Å²) < 4.78 is 8.82. The summed E-state index contributed by atoms with van der Waals surface area (Å²) in [7, 11) is 0. The first-order valence-corrected chi connectivity index (χ1v) is 24.1. The zero-order valence-corrected chi connectivity index (χ0v) is 38.9. The van der Waals surface area contributed by atoms with Gasteiger partial charge in [0, 0.05) is 147 Å². The molecular formula is C58H70N4O4+4. The van der Waals surface area contributed by atoms with Crippen LogP contribution in [-0.2, 0) is 51.9 Å². The summed E-state index contributed by atoms with van der Waals surface area (Å²) in [5.74, 6) is 27.8. The third kappa shape index (κ3) is 19.6. The average molecular weight is 887 g/mol. The lowest BCUT2D eigenvalue weighted by Gasteiger charge is -2.04. The SMILES string of the molecule is OCCCc1ccc[n+](CCCC#Cc2cc(C#CCCC[n+]3cccc(CCCO)c3)c(C#CCCC[n+]3cccc(CCCO)c3)cc2C#CCCC[n+]2cccc(CCCO)c2)c1. The van der Waals surface area contributed by atoms with Gasteiger partial charge in [-0.2, -0.15) is 0 Å². The molecule has 8 nitrogen and oxygen atoms in total. The second-order valence-corrected chi connectivity index (χ2v) is 16.7. The van der Waals surface area contributed by atoms with Crippen LogP contribution in [-0.4, -0.2) is 46.9 Å². The zero-order chi connectivity index (χ0) is 46.3. The van der Waals surface area contributed by atoms with Crippen LogP contribution in [0.15, 0.2) is 110 Å². The number of pyridine rings is 4. The van der Waals surface area contributed by atoms with Crippen molar-refractivity contribution in [3.8, 4) is 47.4 Å². The Bertz CT molecular complexity index is 2160. The molecule has 0 aliphatic rings. The van der Waals surface area contributed by atoms with Crippen molar-refractivity contribution in [1.82, 2.24) is 0 Å². The van der Waals surface area contributed by atoms with Crippen molar-refractivity contribution >= 4 is 0 Å². The lowest BCUT2D eigenvalue weighted by Crippen LogP contribution is -2.33. The molecule has 0 fully saturated rings.